The standard InChI is InChI=1S/C18H15ClN2O2S2/c19-14-8-4-5-9-17(14)25(22,23)21-11-10-15-16(12-21)24-18(20-15)13-6-2-1-3-7-13/h1-9H,10-12H2. The van der Waals surface area contributed by atoms with Crippen LogP contribution in [0.15, 0.2) is 59.5 Å². The van der Waals surface area contributed by atoms with E-state index < -0.39 is 10.0 Å². The Morgan fingerprint density at radius 3 is 2.52 bits per heavy atom. The third-order valence-corrected chi connectivity index (χ3v) is 7.65. The number of fused-ring (bicyclic) bond motifs is 1. The molecule has 1 aliphatic rings. The van der Waals surface area contributed by atoms with Crippen molar-refractivity contribution in [3.8, 4) is 10.6 Å². The maximum Gasteiger partial charge on any atom is 0.244 e. The first-order chi connectivity index (χ1) is 12.1. The lowest BCUT2D eigenvalue weighted by Crippen LogP contribution is -2.35. The minimum atomic E-state index is -3.61. The number of sulfonamides is 1. The summed E-state index contributed by atoms with van der Waals surface area (Å²) in [6.07, 6.45) is 0.613. The Bertz CT molecular complexity index is 1020. The maximum absolute atomic E-state index is 12.9. The van der Waals surface area contributed by atoms with Crippen molar-refractivity contribution in [2.75, 3.05) is 6.54 Å². The van der Waals surface area contributed by atoms with Crippen molar-refractivity contribution in [2.45, 2.75) is 17.9 Å². The van der Waals surface area contributed by atoms with Gasteiger partial charge in [0.05, 0.1) is 17.3 Å². The SMILES string of the molecule is O=S(=O)(c1ccccc1Cl)N1CCc2nc(-c3ccccc3)sc2C1. The quantitative estimate of drug-likeness (QED) is 0.673. The number of halogens is 1. The van der Waals surface area contributed by atoms with Gasteiger partial charge >= 0.3 is 0 Å². The average molecular weight is 391 g/mol. The molecule has 0 aliphatic carbocycles. The van der Waals surface area contributed by atoms with Crippen LogP contribution in [0, 0.1) is 0 Å². The molecule has 7 heteroatoms. The van der Waals surface area contributed by atoms with Gasteiger partial charge in [-0.2, -0.15) is 4.31 Å². The minimum Gasteiger partial charge on any atom is -0.241 e. The molecular formula is C18H15ClN2O2S2. The number of thiazole rings is 1. The van der Waals surface area contributed by atoms with E-state index in [4.69, 9.17) is 16.6 Å². The zero-order chi connectivity index (χ0) is 17.4. The molecule has 0 amide bonds. The summed E-state index contributed by atoms with van der Waals surface area (Å²) in [7, 11) is -3.61. The number of hydrogen-bond acceptors (Lipinski definition) is 4. The van der Waals surface area contributed by atoms with E-state index in [1.54, 1.807) is 35.6 Å². The summed E-state index contributed by atoms with van der Waals surface area (Å²) in [5.41, 5.74) is 2.05. The molecule has 2 aromatic carbocycles. The van der Waals surface area contributed by atoms with Crippen molar-refractivity contribution < 1.29 is 8.42 Å². The van der Waals surface area contributed by atoms with Gasteiger partial charge in [-0.1, -0.05) is 54.1 Å². The summed E-state index contributed by atoms with van der Waals surface area (Å²) in [6.45, 7) is 0.756. The number of rotatable bonds is 3. The number of benzene rings is 2. The summed E-state index contributed by atoms with van der Waals surface area (Å²) in [5, 5.41) is 1.19. The van der Waals surface area contributed by atoms with Crippen LogP contribution in [0.25, 0.3) is 10.6 Å². The molecule has 2 heterocycles. The topological polar surface area (TPSA) is 50.3 Å². The molecule has 4 rings (SSSR count). The summed E-state index contributed by atoms with van der Waals surface area (Å²) >= 11 is 7.65. The van der Waals surface area contributed by atoms with Crippen LogP contribution < -0.4 is 0 Å². The molecule has 1 aliphatic heterocycles. The third kappa shape index (κ3) is 3.11. The fourth-order valence-electron chi connectivity index (χ4n) is 2.87. The summed E-state index contributed by atoms with van der Waals surface area (Å²) in [5.74, 6) is 0. The molecule has 3 aromatic rings. The Morgan fingerprint density at radius 2 is 1.76 bits per heavy atom. The van der Waals surface area contributed by atoms with Crippen LogP contribution in [0.4, 0.5) is 0 Å². The fourth-order valence-corrected chi connectivity index (χ4v) is 5.99. The molecule has 0 saturated carbocycles. The van der Waals surface area contributed by atoms with Crippen LogP contribution in [0.1, 0.15) is 10.6 Å². The normalized spacial score (nSPS) is 15.1. The summed E-state index contributed by atoms with van der Waals surface area (Å²) in [6, 6.07) is 16.5. The van der Waals surface area contributed by atoms with Crippen molar-refractivity contribution in [1.82, 2.24) is 9.29 Å². The van der Waals surface area contributed by atoms with Gasteiger partial charge in [0.15, 0.2) is 0 Å². The van der Waals surface area contributed by atoms with Gasteiger partial charge in [-0.15, -0.1) is 11.3 Å². The zero-order valence-electron chi connectivity index (χ0n) is 13.2. The second-order valence-electron chi connectivity index (χ2n) is 5.77. The minimum absolute atomic E-state index is 0.160. The maximum atomic E-state index is 12.9. The second-order valence-corrected chi connectivity index (χ2v) is 9.17. The van der Waals surface area contributed by atoms with Gasteiger partial charge in [0.2, 0.25) is 10.0 Å². The van der Waals surface area contributed by atoms with Crippen molar-refractivity contribution in [2.24, 2.45) is 0 Å². The zero-order valence-corrected chi connectivity index (χ0v) is 15.6. The van der Waals surface area contributed by atoms with Gasteiger partial charge in [0, 0.05) is 23.4 Å². The molecule has 4 nitrogen and oxygen atoms in total. The number of hydrogen-bond donors (Lipinski definition) is 0. The van der Waals surface area contributed by atoms with E-state index in [-0.39, 0.29) is 9.92 Å². The molecule has 0 N–H and O–H groups in total. The van der Waals surface area contributed by atoms with Gasteiger partial charge in [-0.25, -0.2) is 13.4 Å². The Kier molecular flexibility index (Phi) is 4.37. The highest BCUT2D eigenvalue weighted by Gasteiger charge is 2.31. The van der Waals surface area contributed by atoms with Gasteiger partial charge < -0.3 is 0 Å². The highest BCUT2D eigenvalue weighted by molar-refractivity contribution is 7.89. The van der Waals surface area contributed by atoms with E-state index in [0.717, 1.165) is 21.1 Å². The number of aromatic nitrogens is 1. The number of nitrogens with zero attached hydrogens (tertiary/aromatic N) is 2. The smallest absolute Gasteiger partial charge is 0.241 e. The molecule has 0 radical (unpaired) electrons. The Morgan fingerprint density at radius 1 is 1.04 bits per heavy atom. The first-order valence-corrected chi connectivity index (χ1v) is 10.5. The largest absolute Gasteiger partial charge is 0.244 e. The molecule has 0 spiro atoms. The lowest BCUT2D eigenvalue weighted by atomic mass is 10.2. The summed E-state index contributed by atoms with van der Waals surface area (Å²) in [4.78, 5) is 5.86. The van der Waals surface area contributed by atoms with Crippen LogP contribution in [-0.4, -0.2) is 24.3 Å². The molecule has 1 aromatic heterocycles. The van der Waals surface area contributed by atoms with E-state index in [1.807, 2.05) is 30.3 Å². The van der Waals surface area contributed by atoms with Crippen LogP contribution in [0.3, 0.4) is 0 Å². The monoisotopic (exact) mass is 390 g/mol. The first-order valence-electron chi connectivity index (χ1n) is 7.84. The molecule has 0 fully saturated rings. The third-order valence-electron chi connectivity index (χ3n) is 4.17. The van der Waals surface area contributed by atoms with Gasteiger partial charge in [-0.3, -0.25) is 0 Å². The lowest BCUT2D eigenvalue weighted by Gasteiger charge is -2.25. The van der Waals surface area contributed by atoms with Gasteiger partial charge in [0.25, 0.3) is 0 Å². The van der Waals surface area contributed by atoms with E-state index in [2.05, 4.69) is 0 Å². The van der Waals surface area contributed by atoms with Crippen molar-refractivity contribution in [1.29, 1.82) is 0 Å². The Labute approximate surface area is 155 Å². The van der Waals surface area contributed by atoms with Crippen LogP contribution >= 0.6 is 22.9 Å². The van der Waals surface area contributed by atoms with E-state index in [9.17, 15) is 8.42 Å². The molecule has 0 saturated heterocycles. The Balaban J connectivity index is 1.65. The average Bonchev–Trinajstić information content (AvgIpc) is 3.06. The van der Waals surface area contributed by atoms with Gasteiger partial charge in [0.1, 0.15) is 9.90 Å². The predicted molar refractivity (Wildman–Crippen MR) is 100 cm³/mol. The van der Waals surface area contributed by atoms with Crippen molar-refractivity contribution in [3.63, 3.8) is 0 Å². The van der Waals surface area contributed by atoms with E-state index in [1.165, 1.54) is 4.31 Å². The van der Waals surface area contributed by atoms with Crippen molar-refractivity contribution in [3.05, 3.63) is 70.2 Å². The summed E-state index contributed by atoms with van der Waals surface area (Å²) < 4.78 is 27.3. The van der Waals surface area contributed by atoms with E-state index in [0.29, 0.717) is 19.5 Å². The molecule has 25 heavy (non-hydrogen) atoms. The lowest BCUT2D eigenvalue weighted by molar-refractivity contribution is 0.393. The van der Waals surface area contributed by atoms with Crippen LogP contribution in [-0.2, 0) is 23.0 Å². The van der Waals surface area contributed by atoms with E-state index >= 15 is 0 Å². The molecule has 128 valence electrons. The van der Waals surface area contributed by atoms with Gasteiger partial charge in [-0.05, 0) is 12.1 Å². The van der Waals surface area contributed by atoms with Crippen molar-refractivity contribution >= 4 is 33.0 Å². The highest BCUT2D eigenvalue weighted by Crippen LogP contribution is 2.34. The van der Waals surface area contributed by atoms with Crippen LogP contribution in [0.2, 0.25) is 5.02 Å². The predicted octanol–water partition coefficient (Wildman–Crippen LogP) is 4.21. The molecular weight excluding hydrogens is 376 g/mol. The van der Waals surface area contributed by atoms with Crippen LogP contribution in [0.5, 0.6) is 0 Å². The second kappa shape index (κ2) is 6.53. The molecule has 0 unspecified atom stereocenters. The highest BCUT2D eigenvalue weighted by atomic mass is 35.5. The Hall–Kier alpha value is -1.73. The molecule has 0 bridgehead atoms. The first kappa shape index (κ1) is 16.7. The fraction of sp³-hybridized carbons (Fsp3) is 0.167. The molecule has 0 atom stereocenters.